The average Bonchev–Trinajstić information content (AvgIpc) is 2.50. The normalized spacial score (nSPS) is 9.64. The summed E-state index contributed by atoms with van der Waals surface area (Å²) in [6, 6.07) is 15.5. The Bertz CT molecular complexity index is 871. The van der Waals surface area contributed by atoms with Crippen LogP contribution in [-0.2, 0) is 17.4 Å². The van der Waals surface area contributed by atoms with Crippen molar-refractivity contribution >= 4 is 51.0 Å². The van der Waals surface area contributed by atoms with Crippen molar-refractivity contribution in [1.29, 1.82) is 0 Å². The fourth-order valence-corrected chi connectivity index (χ4v) is 2.49. The molecule has 0 saturated carbocycles. The first kappa shape index (κ1) is 18.4. The molecule has 4 heteroatoms. The first-order chi connectivity index (χ1) is 9.74. The molecule has 0 atom stereocenters. The van der Waals surface area contributed by atoms with Crippen molar-refractivity contribution in [2.45, 2.75) is 0 Å². The third-order valence-electron chi connectivity index (χ3n) is 3.50. The van der Waals surface area contributed by atoms with E-state index in [4.69, 9.17) is 0 Å². The van der Waals surface area contributed by atoms with Gasteiger partial charge in [0, 0.05) is 45.8 Å². The molecule has 0 aliphatic carbocycles. The quantitative estimate of drug-likeness (QED) is 0.239. The number of benzene rings is 3. The number of carbonyl (C=O) groups excluding carboxylic acids is 2. The molecule has 105 valence electrons. The third kappa shape index (κ3) is 3.07. The van der Waals surface area contributed by atoms with E-state index in [2.05, 4.69) is 6.58 Å². The Balaban J connectivity index is 0.00000121. The van der Waals surface area contributed by atoms with Crippen LogP contribution >= 0.6 is 0 Å². The van der Waals surface area contributed by atoms with Crippen molar-refractivity contribution in [3.63, 3.8) is 0 Å². The van der Waals surface area contributed by atoms with Crippen molar-refractivity contribution in [2.75, 3.05) is 0 Å². The van der Waals surface area contributed by atoms with Crippen LogP contribution in [0.1, 0.15) is 20.7 Å². The van der Waals surface area contributed by atoms with Crippen molar-refractivity contribution < 1.29 is 27.0 Å². The van der Waals surface area contributed by atoms with Gasteiger partial charge in [-0.05, 0) is 45.8 Å². The number of ketones is 1. The van der Waals surface area contributed by atoms with Gasteiger partial charge in [0.15, 0.2) is 12.1 Å². The first-order valence-corrected chi connectivity index (χ1v) is 6.32. The molecule has 3 aromatic carbocycles. The molecule has 3 radical (unpaired) electrons. The van der Waals surface area contributed by atoms with Gasteiger partial charge in [-0.15, -0.1) is 0 Å². The summed E-state index contributed by atoms with van der Waals surface area (Å²) in [7, 11) is 0. The Kier molecular flexibility index (Phi) is 6.30. The van der Waals surface area contributed by atoms with Crippen LogP contribution in [-0.4, -0.2) is 29.4 Å². The topological polar surface area (TPSA) is 34.1 Å². The number of carbonyl (C=O) groups is 2. The Labute approximate surface area is 150 Å². The van der Waals surface area contributed by atoms with Crippen LogP contribution < -0.4 is 0 Å². The number of hydrogen-bond acceptors (Lipinski definition) is 2. The Morgan fingerprint density at radius 3 is 2.18 bits per heavy atom. The molecule has 0 heterocycles. The van der Waals surface area contributed by atoms with Crippen LogP contribution in [0.5, 0.6) is 0 Å². The van der Waals surface area contributed by atoms with E-state index in [0.717, 1.165) is 27.8 Å². The SMILES string of the molecule is C=CC(=O)c1ccc2cc3ccccc3cc2c1C=O.[Al].[Cr]. The zero-order valence-electron chi connectivity index (χ0n) is 11.8. The summed E-state index contributed by atoms with van der Waals surface area (Å²) < 4.78 is 0. The van der Waals surface area contributed by atoms with E-state index in [1.54, 1.807) is 6.07 Å². The molecule has 22 heavy (non-hydrogen) atoms. The molecule has 0 spiro atoms. The van der Waals surface area contributed by atoms with Crippen LogP contribution in [0.25, 0.3) is 21.5 Å². The molecule has 0 aliphatic rings. The average molecular weight is 339 g/mol. The molecule has 3 rings (SSSR count). The molecule has 2 nitrogen and oxygen atoms in total. The largest absolute Gasteiger partial charge is 0.298 e. The van der Waals surface area contributed by atoms with E-state index in [-0.39, 0.29) is 40.5 Å². The summed E-state index contributed by atoms with van der Waals surface area (Å²) >= 11 is 0. The monoisotopic (exact) mass is 339 g/mol. The molecule has 0 fully saturated rings. The van der Waals surface area contributed by atoms with Gasteiger partial charge in [-0.25, -0.2) is 0 Å². The second-order valence-corrected chi connectivity index (χ2v) is 4.63. The van der Waals surface area contributed by atoms with E-state index < -0.39 is 0 Å². The van der Waals surface area contributed by atoms with Gasteiger partial charge in [0.25, 0.3) is 0 Å². The predicted molar refractivity (Wildman–Crippen MR) is 87.1 cm³/mol. The van der Waals surface area contributed by atoms with E-state index in [1.165, 1.54) is 6.08 Å². The van der Waals surface area contributed by atoms with Crippen LogP contribution in [0, 0.1) is 0 Å². The van der Waals surface area contributed by atoms with Crippen LogP contribution in [0.15, 0.2) is 61.2 Å². The summed E-state index contributed by atoms with van der Waals surface area (Å²) in [5.41, 5.74) is 0.830. The van der Waals surface area contributed by atoms with E-state index >= 15 is 0 Å². The van der Waals surface area contributed by atoms with E-state index in [1.807, 2.05) is 42.5 Å². The predicted octanol–water partition coefficient (Wildman–Crippen LogP) is 3.79. The number of allylic oxidation sites excluding steroid dienone is 1. The van der Waals surface area contributed by atoms with Gasteiger partial charge in [0.05, 0.1) is 0 Å². The number of hydrogen-bond donors (Lipinski definition) is 0. The van der Waals surface area contributed by atoms with Crippen molar-refractivity contribution in [3.8, 4) is 0 Å². The summed E-state index contributed by atoms with van der Waals surface area (Å²) in [6.07, 6.45) is 1.98. The zero-order valence-corrected chi connectivity index (χ0v) is 14.2. The molecule has 3 aromatic rings. The summed E-state index contributed by atoms with van der Waals surface area (Å²) in [6.45, 7) is 3.48. The Morgan fingerprint density at radius 1 is 0.955 bits per heavy atom. The summed E-state index contributed by atoms with van der Waals surface area (Å²) in [5, 5.41) is 3.91. The maximum absolute atomic E-state index is 11.8. The molecule has 0 saturated heterocycles. The minimum Gasteiger partial charge on any atom is -0.298 e. The van der Waals surface area contributed by atoms with E-state index in [0.29, 0.717) is 11.1 Å². The van der Waals surface area contributed by atoms with Gasteiger partial charge >= 0.3 is 0 Å². The third-order valence-corrected chi connectivity index (χ3v) is 3.50. The first-order valence-electron chi connectivity index (χ1n) is 6.32. The maximum Gasteiger partial charge on any atom is 0.185 e. The second kappa shape index (κ2) is 7.55. The van der Waals surface area contributed by atoms with Crippen molar-refractivity contribution in [1.82, 2.24) is 0 Å². The van der Waals surface area contributed by atoms with Gasteiger partial charge in [0.1, 0.15) is 0 Å². The van der Waals surface area contributed by atoms with Gasteiger partial charge in [-0.3, -0.25) is 9.59 Å². The number of fused-ring (bicyclic) bond motifs is 2. The van der Waals surface area contributed by atoms with Crippen molar-refractivity contribution in [2.24, 2.45) is 0 Å². The van der Waals surface area contributed by atoms with Crippen molar-refractivity contribution in [3.05, 3.63) is 72.3 Å². The molecule has 0 aromatic heterocycles. The molecule has 0 aliphatic heterocycles. The molecule has 0 N–H and O–H groups in total. The summed E-state index contributed by atoms with van der Waals surface area (Å²) in [5.74, 6) is -0.234. The van der Waals surface area contributed by atoms with Gasteiger partial charge in [0.2, 0.25) is 0 Å². The number of rotatable bonds is 3. The van der Waals surface area contributed by atoms with Crippen LogP contribution in [0.2, 0.25) is 0 Å². The van der Waals surface area contributed by atoms with Gasteiger partial charge in [-0.2, -0.15) is 0 Å². The zero-order chi connectivity index (χ0) is 14.1. The molecule has 0 unspecified atom stereocenters. The molecular formula is C18H12AlCrO2. The van der Waals surface area contributed by atoms with E-state index in [9.17, 15) is 9.59 Å². The molecule has 0 amide bonds. The number of aldehydes is 1. The Hall–Kier alpha value is -1.68. The molecular weight excluding hydrogens is 327 g/mol. The van der Waals surface area contributed by atoms with Crippen LogP contribution in [0.4, 0.5) is 0 Å². The molecule has 0 bridgehead atoms. The van der Waals surface area contributed by atoms with Crippen LogP contribution in [0.3, 0.4) is 0 Å². The van der Waals surface area contributed by atoms with Gasteiger partial charge in [-0.1, -0.05) is 36.9 Å². The smallest absolute Gasteiger partial charge is 0.185 e. The van der Waals surface area contributed by atoms with Gasteiger partial charge < -0.3 is 0 Å². The Morgan fingerprint density at radius 2 is 1.59 bits per heavy atom. The standard InChI is InChI=1S/C18H12O2.Al.Cr/c1-2-18(20)15-8-7-14-9-12-5-3-4-6-13(12)10-16(14)17(15)11-19;;/h2-11H,1H2;;. The minimum absolute atomic E-state index is 0. The fourth-order valence-electron chi connectivity index (χ4n) is 2.49. The summed E-state index contributed by atoms with van der Waals surface area (Å²) in [4.78, 5) is 23.2. The second-order valence-electron chi connectivity index (χ2n) is 4.63. The fraction of sp³-hybridized carbons (Fsp3) is 0. The minimum atomic E-state index is -0.234. The maximum atomic E-state index is 11.8.